The molecule has 28 heavy (non-hydrogen) atoms. The Morgan fingerprint density at radius 1 is 0.893 bits per heavy atom. The van der Waals surface area contributed by atoms with E-state index < -0.39 is 0 Å². The van der Waals surface area contributed by atoms with E-state index in [1.54, 1.807) is 7.11 Å². The second-order valence-electron chi connectivity index (χ2n) is 6.76. The quantitative estimate of drug-likeness (QED) is 0.647. The Hall–Kier alpha value is -3.11. The van der Waals surface area contributed by atoms with Gasteiger partial charge >= 0.3 is 0 Å². The Bertz CT molecular complexity index is 825. The molecule has 0 fully saturated rings. The zero-order chi connectivity index (χ0) is 19.8. The first-order chi connectivity index (χ1) is 13.7. The van der Waals surface area contributed by atoms with E-state index in [1.165, 1.54) is 11.1 Å². The molecule has 0 atom stereocenters. The summed E-state index contributed by atoms with van der Waals surface area (Å²) >= 11 is 0. The number of methoxy groups -OCH3 is 1. The van der Waals surface area contributed by atoms with Crippen LogP contribution in [0, 0.1) is 0 Å². The molecule has 0 aliphatic heterocycles. The van der Waals surface area contributed by atoms with E-state index >= 15 is 0 Å². The number of hydrogen-bond acceptors (Lipinski definition) is 3. The van der Waals surface area contributed by atoms with E-state index in [4.69, 9.17) is 4.74 Å². The molecule has 0 saturated carbocycles. The molecule has 0 heterocycles. The highest BCUT2D eigenvalue weighted by Crippen LogP contribution is 2.27. The minimum atomic E-state index is -0.00446. The fourth-order valence-corrected chi connectivity index (χ4v) is 3.29. The van der Waals surface area contributed by atoms with Crippen LogP contribution < -0.4 is 10.1 Å². The molecule has 1 N–H and O–H groups in total. The van der Waals surface area contributed by atoms with Gasteiger partial charge in [0.1, 0.15) is 5.75 Å². The van der Waals surface area contributed by atoms with Crippen molar-refractivity contribution < 1.29 is 9.53 Å². The van der Waals surface area contributed by atoms with Crippen LogP contribution >= 0.6 is 0 Å². The average molecular weight is 374 g/mol. The monoisotopic (exact) mass is 374 g/mol. The molecule has 0 saturated heterocycles. The van der Waals surface area contributed by atoms with Crippen molar-refractivity contribution in [2.24, 2.45) is 0 Å². The van der Waals surface area contributed by atoms with E-state index in [1.807, 2.05) is 67.7 Å². The van der Waals surface area contributed by atoms with E-state index in [9.17, 15) is 4.79 Å². The standard InChI is InChI=1S/C24H26N2O2/c1-26(18-23(27)25-17-19-13-15-22(28-2)16-14-19)24(20-9-5-3-6-10-20)21-11-7-4-8-12-21/h3-16,24H,17-18H2,1-2H3,(H,25,27). The number of benzene rings is 3. The highest BCUT2D eigenvalue weighted by Gasteiger charge is 2.20. The van der Waals surface area contributed by atoms with Crippen LogP contribution in [-0.2, 0) is 11.3 Å². The first-order valence-corrected chi connectivity index (χ1v) is 9.37. The van der Waals surface area contributed by atoms with Crippen molar-refractivity contribution in [1.82, 2.24) is 10.2 Å². The van der Waals surface area contributed by atoms with Gasteiger partial charge in [-0.2, -0.15) is 0 Å². The molecule has 1 amide bonds. The van der Waals surface area contributed by atoms with Crippen molar-refractivity contribution in [3.8, 4) is 5.75 Å². The Labute approximate surface area is 166 Å². The summed E-state index contributed by atoms with van der Waals surface area (Å²) in [4.78, 5) is 14.6. The highest BCUT2D eigenvalue weighted by atomic mass is 16.5. The highest BCUT2D eigenvalue weighted by molar-refractivity contribution is 5.78. The molecular formula is C24H26N2O2. The van der Waals surface area contributed by atoms with Crippen molar-refractivity contribution >= 4 is 5.91 Å². The third-order valence-electron chi connectivity index (χ3n) is 4.71. The summed E-state index contributed by atoms with van der Waals surface area (Å²) in [6.45, 7) is 0.808. The van der Waals surface area contributed by atoms with Crippen LogP contribution in [0.1, 0.15) is 22.7 Å². The number of rotatable bonds is 8. The molecule has 0 radical (unpaired) electrons. The maximum absolute atomic E-state index is 12.5. The summed E-state index contributed by atoms with van der Waals surface area (Å²) in [7, 11) is 3.63. The molecular weight excluding hydrogens is 348 g/mol. The van der Waals surface area contributed by atoms with Gasteiger partial charge in [0.25, 0.3) is 0 Å². The SMILES string of the molecule is COc1ccc(CNC(=O)CN(C)C(c2ccccc2)c2ccccc2)cc1. The predicted octanol–water partition coefficient (Wildman–Crippen LogP) is 4.03. The molecule has 0 spiro atoms. The molecule has 0 bridgehead atoms. The number of amides is 1. The lowest BCUT2D eigenvalue weighted by molar-refractivity contribution is -0.122. The molecule has 4 heteroatoms. The van der Waals surface area contributed by atoms with Gasteiger partial charge < -0.3 is 10.1 Å². The number of nitrogens with zero attached hydrogens (tertiary/aromatic N) is 1. The van der Waals surface area contributed by atoms with Gasteiger partial charge in [-0.3, -0.25) is 9.69 Å². The Morgan fingerprint density at radius 2 is 1.43 bits per heavy atom. The molecule has 3 rings (SSSR count). The van der Waals surface area contributed by atoms with Crippen LogP contribution in [0.3, 0.4) is 0 Å². The molecule has 4 nitrogen and oxygen atoms in total. The summed E-state index contributed by atoms with van der Waals surface area (Å²) in [5, 5.41) is 3.00. The van der Waals surface area contributed by atoms with Gasteiger partial charge in [0.05, 0.1) is 19.7 Å². The third-order valence-corrected chi connectivity index (χ3v) is 4.71. The first-order valence-electron chi connectivity index (χ1n) is 9.37. The predicted molar refractivity (Wildman–Crippen MR) is 112 cm³/mol. The summed E-state index contributed by atoms with van der Waals surface area (Å²) < 4.78 is 5.16. The molecule has 0 unspecified atom stereocenters. The van der Waals surface area contributed by atoms with Crippen molar-refractivity contribution in [1.29, 1.82) is 0 Å². The largest absolute Gasteiger partial charge is 0.497 e. The zero-order valence-corrected chi connectivity index (χ0v) is 16.3. The average Bonchev–Trinajstić information content (AvgIpc) is 2.74. The van der Waals surface area contributed by atoms with Gasteiger partial charge in [-0.1, -0.05) is 72.8 Å². The Balaban J connectivity index is 1.65. The summed E-state index contributed by atoms with van der Waals surface area (Å²) in [6, 6.07) is 28.3. The van der Waals surface area contributed by atoms with Crippen LogP contribution in [0.5, 0.6) is 5.75 Å². The first kappa shape index (κ1) is 19.6. The fourth-order valence-electron chi connectivity index (χ4n) is 3.29. The number of carbonyl (C=O) groups is 1. The van der Waals surface area contributed by atoms with Crippen LogP contribution in [0.4, 0.5) is 0 Å². The van der Waals surface area contributed by atoms with Gasteiger partial charge in [0.15, 0.2) is 0 Å². The lowest BCUT2D eigenvalue weighted by Gasteiger charge is -2.28. The van der Waals surface area contributed by atoms with Crippen molar-refractivity contribution in [2.45, 2.75) is 12.6 Å². The lowest BCUT2D eigenvalue weighted by atomic mass is 9.97. The normalized spacial score (nSPS) is 10.9. The number of nitrogens with one attached hydrogen (secondary N) is 1. The van der Waals surface area contributed by atoms with Crippen LogP contribution in [-0.4, -0.2) is 31.5 Å². The second-order valence-corrected chi connectivity index (χ2v) is 6.76. The van der Waals surface area contributed by atoms with E-state index in [0.29, 0.717) is 13.1 Å². The van der Waals surface area contributed by atoms with Crippen molar-refractivity contribution in [3.05, 3.63) is 102 Å². The van der Waals surface area contributed by atoms with E-state index in [2.05, 4.69) is 34.5 Å². The minimum Gasteiger partial charge on any atom is -0.497 e. The van der Waals surface area contributed by atoms with Gasteiger partial charge in [-0.15, -0.1) is 0 Å². The molecule has 0 aliphatic rings. The van der Waals surface area contributed by atoms with E-state index in [-0.39, 0.29) is 11.9 Å². The molecule has 0 aliphatic carbocycles. The smallest absolute Gasteiger partial charge is 0.234 e. The molecule has 144 valence electrons. The lowest BCUT2D eigenvalue weighted by Crippen LogP contribution is -2.37. The number of ether oxygens (including phenoxy) is 1. The number of carbonyl (C=O) groups excluding carboxylic acids is 1. The third kappa shape index (κ3) is 5.21. The minimum absolute atomic E-state index is 0.00446. The zero-order valence-electron chi connectivity index (χ0n) is 16.3. The van der Waals surface area contributed by atoms with Crippen LogP contribution in [0.2, 0.25) is 0 Å². The molecule has 3 aromatic carbocycles. The number of likely N-dealkylation sites (N-methyl/N-ethyl adjacent to an activating group) is 1. The van der Waals surface area contributed by atoms with Gasteiger partial charge in [0.2, 0.25) is 5.91 Å². The second kappa shape index (κ2) is 9.72. The maximum Gasteiger partial charge on any atom is 0.234 e. The Morgan fingerprint density at radius 3 is 1.93 bits per heavy atom. The summed E-state index contributed by atoms with van der Waals surface area (Å²) in [6.07, 6.45) is 0. The summed E-state index contributed by atoms with van der Waals surface area (Å²) in [5.41, 5.74) is 3.37. The van der Waals surface area contributed by atoms with Crippen LogP contribution in [0.15, 0.2) is 84.9 Å². The molecule has 3 aromatic rings. The fraction of sp³-hybridized carbons (Fsp3) is 0.208. The van der Waals surface area contributed by atoms with Gasteiger partial charge in [-0.25, -0.2) is 0 Å². The van der Waals surface area contributed by atoms with Crippen LogP contribution in [0.25, 0.3) is 0 Å². The number of hydrogen-bond donors (Lipinski definition) is 1. The summed E-state index contributed by atoms with van der Waals surface area (Å²) in [5.74, 6) is 0.804. The maximum atomic E-state index is 12.5. The van der Waals surface area contributed by atoms with Crippen molar-refractivity contribution in [3.63, 3.8) is 0 Å². The van der Waals surface area contributed by atoms with Gasteiger partial charge in [-0.05, 0) is 35.9 Å². The van der Waals surface area contributed by atoms with E-state index in [0.717, 1.165) is 11.3 Å². The Kier molecular flexibility index (Phi) is 6.82. The topological polar surface area (TPSA) is 41.6 Å². The van der Waals surface area contributed by atoms with Gasteiger partial charge in [0, 0.05) is 6.54 Å². The molecule has 0 aromatic heterocycles. The van der Waals surface area contributed by atoms with Crippen molar-refractivity contribution in [2.75, 3.05) is 20.7 Å².